The Bertz CT molecular complexity index is 504. The van der Waals surface area contributed by atoms with Gasteiger partial charge >= 0.3 is 12.0 Å². The number of hydrogen-bond acceptors (Lipinski definition) is 3. The van der Waals surface area contributed by atoms with Gasteiger partial charge in [0, 0.05) is 25.2 Å². The second-order valence-corrected chi connectivity index (χ2v) is 4.76. The highest BCUT2D eigenvalue weighted by Crippen LogP contribution is 2.26. The quantitative estimate of drug-likeness (QED) is 0.766. The van der Waals surface area contributed by atoms with Crippen molar-refractivity contribution in [2.24, 2.45) is 0 Å². The zero-order valence-electron chi connectivity index (χ0n) is 11.1. The Morgan fingerprint density at radius 2 is 2.10 bits per heavy atom. The van der Waals surface area contributed by atoms with E-state index in [9.17, 15) is 9.59 Å². The van der Waals surface area contributed by atoms with Crippen molar-refractivity contribution in [1.29, 1.82) is 0 Å². The largest absolute Gasteiger partial charge is 0.479 e. The maximum absolute atomic E-state index is 12.1. The van der Waals surface area contributed by atoms with Crippen molar-refractivity contribution in [1.82, 2.24) is 5.32 Å². The van der Waals surface area contributed by atoms with Crippen LogP contribution >= 0.6 is 0 Å². The fraction of sp³-hybridized carbons (Fsp3) is 0.429. The molecule has 1 unspecified atom stereocenters. The number of anilines is 1. The summed E-state index contributed by atoms with van der Waals surface area (Å²) in [4.78, 5) is 24.2. The normalized spacial score (nSPS) is 15.3. The molecule has 1 heterocycles. The van der Waals surface area contributed by atoms with Crippen molar-refractivity contribution in [2.45, 2.75) is 25.4 Å². The summed E-state index contributed by atoms with van der Waals surface area (Å²) in [6.07, 6.45) is 0.417. The molecule has 1 aliphatic heterocycles. The van der Waals surface area contributed by atoms with E-state index < -0.39 is 12.1 Å². The number of carbonyl (C=O) groups is 2. The number of carbonyl (C=O) groups excluding carboxylic acids is 1. The molecule has 6 nitrogen and oxygen atoms in total. The maximum Gasteiger partial charge on any atom is 0.332 e. The molecule has 3 N–H and O–H groups in total. The molecule has 20 heavy (non-hydrogen) atoms. The first-order valence-corrected chi connectivity index (χ1v) is 6.63. The van der Waals surface area contributed by atoms with E-state index in [0.717, 1.165) is 24.1 Å². The number of urea groups is 1. The van der Waals surface area contributed by atoms with Crippen molar-refractivity contribution >= 4 is 17.7 Å². The van der Waals surface area contributed by atoms with Crippen molar-refractivity contribution < 1.29 is 19.8 Å². The summed E-state index contributed by atoms with van der Waals surface area (Å²) in [5.41, 5.74) is 2.04. The predicted molar refractivity (Wildman–Crippen MR) is 73.8 cm³/mol. The SMILES string of the molecule is O=C(O)C(O)CCNC(=O)N1CCCc2ccccc21. The van der Waals surface area contributed by atoms with E-state index in [1.54, 1.807) is 4.90 Å². The van der Waals surface area contributed by atoms with E-state index in [0.29, 0.717) is 6.54 Å². The van der Waals surface area contributed by atoms with Gasteiger partial charge in [-0.15, -0.1) is 0 Å². The predicted octanol–water partition coefficient (Wildman–Crippen LogP) is 0.984. The number of aliphatic hydroxyl groups is 1. The fourth-order valence-electron chi connectivity index (χ4n) is 2.28. The Kier molecular flexibility index (Phi) is 4.57. The summed E-state index contributed by atoms with van der Waals surface area (Å²) >= 11 is 0. The van der Waals surface area contributed by atoms with Crippen molar-refractivity contribution in [3.8, 4) is 0 Å². The lowest BCUT2D eigenvalue weighted by Crippen LogP contribution is -2.43. The molecule has 0 saturated carbocycles. The highest BCUT2D eigenvalue weighted by atomic mass is 16.4. The van der Waals surface area contributed by atoms with E-state index in [4.69, 9.17) is 10.2 Å². The lowest BCUT2D eigenvalue weighted by Gasteiger charge is -2.29. The molecule has 2 rings (SSSR count). The van der Waals surface area contributed by atoms with Crippen LogP contribution in [-0.2, 0) is 11.2 Å². The molecule has 108 valence electrons. The van der Waals surface area contributed by atoms with Gasteiger partial charge in [0.15, 0.2) is 6.10 Å². The zero-order valence-corrected chi connectivity index (χ0v) is 11.1. The fourth-order valence-corrected chi connectivity index (χ4v) is 2.28. The second kappa shape index (κ2) is 6.38. The number of aryl methyl sites for hydroxylation is 1. The van der Waals surface area contributed by atoms with Gasteiger partial charge in [0.05, 0.1) is 0 Å². The van der Waals surface area contributed by atoms with Crippen LogP contribution in [0.15, 0.2) is 24.3 Å². The van der Waals surface area contributed by atoms with Crippen molar-refractivity contribution in [3.05, 3.63) is 29.8 Å². The molecule has 1 aliphatic rings. The number of benzene rings is 1. The van der Waals surface area contributed by atoms with Gasteiger partial charge in [0.25, 0.3) is 0 Å². The molecule has 0 bridgehead atoms. The molecule has 0 aromatic heterocycles. The summed E-state index contributed by atoms with van der Waals surface area (Å²) in [6.45, 7) is 0.773. The minimum absolute atomic E-state index is 0.00341. The highest BCUT2D eigenvalue weighted by Gasteiger charge is 2.22. The van der Waals surface area contributed by atoms with Crippen LogP contribution in [0.2, 0.25) is 0 Å². The third-order valence-corrected chi connectivity index (χ3v) is 3.33. The first-order chi connectivity index (χ1) is 9.59. The molecule has 0 aliphatic carbocycles. The summed E-state index contributed by atoms with van der Waals surface area (Å²) in [7, 11) is 0. The van der Waals surface area contributed by atoms with Gasteiger partial charge in [-0.05, 0) is 24.5 Å². The highest BCUT2D eigenvalue weighted by molar-refractivity contribution is 5.93. The number of aliphatic hydroxyl groups excluding tert-OH is 1. The third kappa shape index (κ3) is 3.27. The summed E-state index contributed by atoms with van der Waals surface area (Å²) in [6, 6.07) is 7.49. The van der Waals surface area contributed by atoms with Crippen molar-refractivity contribution in [3.63, 3.8) is 0 Å². The molecule has 2 amide bonds. The number of nitrogens with zero attached hydrogens (tertiary/aromatic N) is 1. The van der Waals surface area contributed by atoms with Crippen LogP contribution in [-0.4, -0.2) is 41.4 Å². The van der Waals surface area contributed by atoms with E-state index in [-0.39, 0.29) is 19.0 Å². The Labute approximate surface area is 117 Å². The Balaban J connectivity index is 1.92. The molecule has 0 spiro atoms. The molecule has 0 fully saturated rings. The van der Waals surface area contributed by atoms with Gasteiger partial charge in [-0.1, -0.05) is 18.2 Å². The summed E-state index contributed by atoms with van der Waals surface area (Å²) < 4.78 is 0. The molecule has 0 radical (unpaired) electrons. The van der Waals surface area contributed by atoms with Crippen molar-refractivity contribution in [2.75, 3.05) is 18.0 Å². The number of amides is 2. The molecule has 0 saturated heterocycles. The lowest BCUT2D eigenvalue weighted by atomic mass is 10.0. The number of fused-ring (bicyclic) bond motifs is 1. The lowest BCUT2D eigenvalue weighted by molar-refractivity contribution is -0.146. The molecule has 1 aromatic carbocycles. The van der Waals surface area contributed by atoms with Crippen LogP contribution in [0, 0.1) is 0 Å². The number of hydrogen-bond donors (Lipinski definition) is 3. The Morgan fingerprint density at radius 3 is 2.85 bits per heavy atom. The van der Waals surface area contributed by atoms with Gasteiger partial charge < -0.3 is 15.5 Å². The van der Waals surface area contributed by atoms with Crippen LogP contribution in [0.4, 0.5) is 10.5 Å². The first-order valence-electron chi connectivity index (χ1n) is 6.63. The number of para-hydroxylation sites is 1. The second-order valence-electron chi connectivity index (χ2n) is 4.76. The number of carboxylic acid groups (broad SMARTS) is 1. The third-order valence-electron chi connectivity index (χ3n) is 3.33. The topological polar surface area (TPSA) is 89.9 Å². The molecule has 1 atom stereocenters. The van der Waals surface area contributed by atoms with E-state index >= 15 is 0 Å². The van der Waals surface area contributed by atoms with Gasteiger partial charge in [0.1, 0.15) is 0 Å². The Morgan fingerprint density at radius 1 is 1.35 bits per heavy atom. The minimum Gasteiger partial charge on any atom is -0.479 e. The zero-order chi connectivity index (χ0) is 14.5. The van der Waals surface area contributed by atoms with E-state index in [1.165, 1.54) is 0 Å². The first kappa shape index (κ1) is 14.3. The molecule has 6 heteroatoms. The van der Waals surface area contributed by atoms with Crippen LogP contribution in [0.3, 0.4) is 0 Å². The standard InChI is InChI=1S/C14H18N2O4/c17-12(13(18)19)7-8-15-14(20)16-9-3-5-10-4-1-2-6-11(10)16/h1-2,4,6,12,17H,3,5,7-9H2,(H,15,20)(H,18,19). The molecular formula is C14H18N2O4. The monoisotopic (exact) mass is 278 g/mol. The van der Waals surface area contributed by atoms with Gasteiger partial charge in [-0.25, -0.2) is 9.59 Å². The van der Waals surface area contributed by atoms with Gasteiger partial charge in [0.2, 0.25) is 0 Å². The van der Waals surface area contributed by atoms with Gasteiger partial charge in [-0.3, -0.25) is 4.90 Å². The Hall–Kier alpha value is -2.08. The average Bonchev–Trinajstić information content (AvgIpc) is 2.46. The maximum atomic E-state index is 12.1. The van der Waals surface area contributed by atoms with Crippen LogP contribution < -0.4 is 10.2 Å². The minimum atomic E-state index is -1.44. The molecular weight excluding hydrogens is 260 g/mol. The smallest absolute Gasteiger partial charge is 0.332 e. The van der Waals surface area contributed by atoms with Crippen LogP contribution in [0.1, 0.15) is 18.4 Å². The average molecular weight is 278 g/mol. The summed E-state index contributed by atoms with van der Waals surface area (Å²) in [5, 5.41) is 20.3. The number of nitrogens with one attached hydrogen (secondary N) is 1. The van der Waals surface area contributed by atoms with E-state index in [1.807, 2.05) is 24.3 Å². The summed E-state index contributed by atoms with van der Waals surface area (Å²) in [5.74, 6) is -1.28. The van der Waals surface area contributed by atoms with Crippen LogP contribution in [0.5, 0.6) is 0 Å². The number of rotatable bonds is 4. The molecule has 1 aromatic rings. The van der Waals surface area contributed by atoms with E-state index in [2.05, 4.69) is 5.32 Å². The number of aliphatic carboxylic acids is 1. The van der Waals surface area contributed by atoms with Crippen LogP contribution in [0.25, 0.3) is 0 Å². The number of carboxylic acids is 1. The van der Waals surface area contributed by atoms with Gasteiger partial charge in [-0.2, -0.15) is 0 Å².